The van der Waals surface area contributed by atoms with Crippen molar-refractivity contribution in [3.8, 4) is 34.2 Å². The minimum Gasteiger partial charge on any atom is -0.494 e. The van der Waals surface area contributed by atoms with Gasteiger partial charge in [-0.05, 0) is 55.5 Å². The summed E-state index contributed by atoms with van der Waals surface area (Å²) in [6.07, 6.45) is 1.79. The van der Waals surface area contributed by atoms with Crippen molar-refractivity contribution in [1.82, 2.24) is 9.78 Å². The zero-order valence-electron chi connectivity index (χ0n) is 12.7. The van der Waals surface area contributed by atoms with Crippen LogP contribution >= 0.6 is 0 Å². The van der Waals surface area contributed by atoms with Crippen LogP contribution in [0.25, 0.3) is 16.9 Å². The maximum absolute atomic E-state index is 5.48. The Balaban J connectivity index is 1.71. The minimum atomic E-state index is 0.275. The molecule has 116 valence electrons. The molecule has 4 rings (SSSR count). The summed E-state index contributed by atoms with van der Waals surface area (Å²) in [5.41, 5.74) is 3.00. The predicted octanol–water partition coefficient (Wildman–Crippen LogP) is 3.67. The Morgan fingerprint density at radius 2 is 1.87 bits per heavy atom. The van der Waals surface area contributed by atoms with Crippen LogP contribution in [0.2, 0.25) is 0 Å². The van der Waals surface area contributed by atoms with Crippen molar-refractivity contribution in [2.24, 2.45) is 0 Å². The molecule has 23 heavy (non-hydrogen) atoms. The second-order valence-corrected chi connectivity index (χ2v) is 5.12. The van der Waals surface area contributed by atoms with Gasteiger partial charge in [-0.1, -0.05) is 0 Å². The summed E-state index contributed by atoms with van der Waals surface area (Å²) in [5, 5.41) is 4.44. The van der Waals surface area contributed by atoms with Gasteiger partial charge in [0.25, 0.3) is 0 Å². The van der Waals surface area contributed by atoms with Crippen LogP contribution in [0.3, 0.4) is 0 Å². The molecule has 0 bridgehead atoms. The summed E-state index contributed by atoms with van der Waals surface area (Å²) in [6.45, 7) is 2.90. The van der Waals surface area contributed by atoms with E-state index in [2.05, 4.69) is 5.10 Å². The van der Waals surface area contributed by atoms with Crippen molar-refractivity contribution in [3.05, 3.63) is 54.7 Å². The monoisotopic (exact) mass is 308 g/mol. The summed E-state index contributed by atoms with van der Waals surface area (Å²) in [4.78, 5) is 0. The lowest BCUT2D eigenvalue weighted by atomic mass is 10.1. The molecule has 2 heterocycles. The van der Waals surface area contributed by atoms with E-state index in [9.17, 15) is 0 Å². The fraction of sp³-hybridized carbons (Fsp3) is 0.167. The van der Waals surface area contributed by atoms with Gasteiger partial charge in [0.2, 0.25) is 6.79 Å². The molecule has 5 heteroatoms. The molecule has 2 aromatic carbocycles. The number of hydrogen-bond acceptors (Lipinski definition) is 4. The van der Waals surface area contributed by atoms with Gasteiger partial charge in [0, 0.05) is 5.56 Å². The lowest BCUT2D eigenvalue weighted by Crippen LogP contribution is -1.99. The standard InChI is InChI=1S/C18H16N2O3/c1-2-21-15-6-4-14(5-7-15)20-16(9-10-19-20)13-3-8-17-18(11-13)23-12-22-17/h3-11H,2,12H2,1H3. The molecule has 0 fully saturated rings. The molecule has 0 saturated heterocycles. The number of rotatable bonds is 4. The average Bonchev–Trinajstić information content (AvgIpc) is 3.24. The third kappa shape index (κ3) is 2.50. The molecular weight excluding hydrogens is 292 g/mol. The number of aromatic nitrogens is 2. The van der Waals surface area contributed by atoms with E-state index in [1.54, 1.807) is 6.20 Å². The molecule has 0 radical (unpaired) electrons. The van der Waals surface area contributed by atoms with E-state index in [0.29, 0.717) is 6.61 Å². The van der Waals surface area contributed by atoms with E-state index < -0.39 is 0 Å². The van der Waals surface area contributed by atoms with Gasteiger partial charge in [0.15, 0.2) is 11.5 Å². The molecule has 1 aliphatic heterocycles. The van der Waals surface area contributed by atoms with Gasteiger partial charge in [-0.3, -0.25) is 0 Å². The molecule has 0 atom stereocenters. The van der Waals surface area contributed by atoms with Crippen molar-refractivity contribution in [1.29, 1.82) is 0 Å². The SMILES string of the molecule is CCOc1ccc(-n2nccc2-c2ccc3c(c2)OCO3)cc1. The van der Waals surface area contributed by atoms with E-state index in [4.69, 9.17) is 14.2 Å². The molecule has 0 N–H and O–H groups in total. The Hall–Kier alpha value is -2.95. The van der Waals surface area contributed by atoms with Crippen molar-refractivity contribution in [2.45, 2.75) is 6.92 Å². The van der Waals surface area contributed by atoms with Crippen molar-refractivity contribution < 1.29 is 14.2 Å². The number of fused-ring (bicyclic) bond motifs is 1. The lowest BCUT2D eigenvalue weighted by molar-refractivity contribution is 0.174. The summed E-state index contributed by atoms with van der Waals surface area (Å²) >= 11 is 0. The first-order chi connectivity index (χ1) is 11.3. The zero-order valence-corrected chi connectivity index (χ0v) is 12.7. The van der Waals surface area contributed by atoms with E-state index in [1.807, 2.05) is 60.1 Å². The van der Waals surface area contributed by atoms with E-state index >= 15 is 0 Å². The predicted molar refractivity (Wildman–Crippen MR) is 86.3 cm³/mol. The molecular formula is C18H16N2O3. The highest BCUT2D eigenvalue weighted by molar-refractivity contribution is 5.66. The Morgan fingerprint density at radius 1 is 1.04 bits per heavy atom. The van der Waals surface area contributed by atoms with Crippen LogP contribution in [0, 0.1) is 0 Å². The zero-order chi connectivity index (χ0) is 15.6. The Bertz CT molecular complexity index is 825. The van der Waals surface area contributed by atoms with Gasteiger partial charge in [-0.2, -0.15) is 5.10 Å². The van der Waals surface area contributed by atoms with Gasteiger partial charge in [0.1, 0.15) is 5.75 Å². The quantitative estimate of drug-likeness (QED) is 0.738. The van der Waals surface area contributed by atoms with Gasteiger partial charge >= 0.3 is 0 Å². The molecule has 0 amide bonds. The maximum Gasteiger partial charge on any atom is 0.231 e. The van der Waals surface area contributed by atoms with Gasteiger partial charge < -0.3 is 14.2 Å². The van der Waals surface area contributed by atoms with Crippen LogP contribution in [-0.4, -0.2) is 23.2 Å². The second kappa shape index (κ2) is 5.68. The summed E-state index contributed by atoms with van der Waals surface area (Å²) in [7, 11) is 0. The average molecular weight is 308 g/mol. The number of ether oxygens (including phenoxy) is 3. The van der Waals surface area contributed by atoms with Gasteiger partial charge in [-0.25, -0.2) is 4.68 Å². The Labute approximate surface area is 134 Å². The largest absolute Gasteiger partial charge is 0.494 e. The molecule has 0 aliphatic carbocycles. The summed E-state index contributed by atoms with van der Waals surface area (Å²) in [6, 6.07) is 15.8. The van der Waals surface area contributed by atoms with E-state index in [0.717, 1.165) is 34.2 Å². The third-order valence-electron chi connectivity index (χ3n) is 3.70. The molecule has 0 spiro atoms. The molecule has 5 nitrogen and oxygen atoms in total. The van der Waals surface area contributed by atoms with Crippen LogP contribution in [0.1, 0.15) is 6.92 Å². The lowest BCUT2D eigenvalue weighted by Gasteiger charge is -2.09. The third-order valence-corrected chi connectivity index (χ3v) is 3.70. The number of benzene rings is 2. The smallest absolute Gasteiger partial charge is 0.231 e. The fourth-order valence-electron chi connectivity index (χ4n) is 2.63. The highest BCUT2D eigenvalue weighted by Gasteiger charge is 2.16. The first-order valence-corrected chi connectivity index (χ1v) is 7.52. The molecule has 0 unspecified atom stereocenters. The van der Waals surface area contributed by atoms with Crippen LogP contribution < -0.4 is 14.2 Å². The van der Waals surface area contributed by atoms with Gasteiger partial charge in [-0.15, -0.1) is 0 Å². The van der Waals surface area contributed by atoms with Crippen LogP contribution in [-0.2, 0) is 0 Å². The van der Waals surface area contributed by atoms with Crippen molar-refractivity contribution in [3.63, 3.8) is 0 Å². The highest BCUT2D eigenvalue weighted by atomic mass is 16.7. The normalized spacial score (nSPS) is 12.4. The maximum atomic E-state index is 5.48. The van der Waals surface area contributed by atoms with Crippen LogP contribution in [0.4, 0.5) is 0 Å². The molecule has 1 aliphatic rings. The first-order valence-electron chi connectivity index (χ1n) is 7.52. The summed E-state index contributed by atoms with van der Waals surface area (Å²) in [5.74, 6) is 2.40. The van der Waals surface area contributed by atoms with Crippen LogP contribution in [0.5, 0.6) is 17.2 Å². The Morgan fingerprint density at radius 3 is 2.70 bits per heavy atom. The summed E-state index contributed by atoms with van der Waals surface area (Å²) < 4.78 is 18.2. The van der Waals surface area contributed by atoms with E-state index in [1.165, 1.54) is 0 Å². The fourth-order valence-corrected chi connectivity index (χ4v) is 2.63. The topological polar surface area (TPSA) is 45.5 Å². The van der Waals surface area contributed by atoms with Crippen LogP contribution in [0.15, 0.2) is 54.7 Å². The van der Waals surface area contributed by atoms with Crippen molar-refractivity contribution >= 4 is 0 Å². The number of hydrogen-bond donors (Lipinski definition) is 0. The highest BCUT2D eigenvalue weighted by Crippen LogP contribution is 2.36. The molecule has 0 saturated carbocycles. The molecule has 1 aromatic heterocycles. The van der Waals surface area contributed by atoms with E-state index in [-0.39, 0.29) is 6.79 Å². The first kappa shape index (κ1) is 13.7. The minimum absolute atomic E-state index is 0.275. The Kier molecular flexibility index (Phi) is 3.38. The molecule has 3 aromatic rings. The van der Waals surface area contributed by atoms with Crippen molar-refractivity contribution in [2.75, 3.05) is 13.4 Å². The number of nitrogens with zero attached hydrogens (tertiary/aromatic N) is 2. The van der Waals surface area contributed by atoms with Gasteiger partial charge in [0.05, 0.1) is 24.2 Å². The second-order valence-electron chi connectivity index (χ2n) is 5.12.